The Kier molecular flexibility index (Phi) is 6.31. The highest BCUT2D eigenvalue weighted by atomic mass is 35.5. The highest BCUT2D eigenvalue weighted by Crippen LogP contribution is 2.31. The SMILES string of the molecule is CCOc1ccc(C(CN)Cc2cc(Cl)ccc2OC)c(C)c1. The van der Waals surface area contributed by atoms with Crippen LogP contribution in [0.1, 0.15) is 29.5 Å². The second kappa shape index (κ2) is 8.23. The van der Waals surface area contributed by atoms with Crippen molar-refractivity contribution in [1.82, 2.24) is 0 Å². The van der Waals surface area contributed by atoms with Crippen LogP contribution in [0.2, 0.25) is 5.02 Å². The first-order chi connectivity index (χ1) is 11.1. The van der Waals surface area contributed by atoms with Gasteiger partial charge in [-0.2, -0.15) is 0 Å². The summed E-state index contributed by atoms with van der Waals surface area (Å²) < 4.78 is 11.0. The van der Waals surface area contributed by atoms with Crippen molar-refractivity contribution in [3.8, 4) is 11.5 Å². The Hall–Kier alpha value is -1.71. The minimum absolute atomic E-state index is 0.207. The molecule has 0 heterocycles. The molecule has 2 rings (SSSR count). The molecule has 1 unspecified atom stereocenters. The largest absolute Gasteiger partial charge is 0.496 e. The highest BCUT2D eigenvalue weighted by Gasteiger charge is 2.16. The molecule has 0 saturated heterocycles. The third kappa shape index (κ3) is 4.40. The Bertz CT molecular complexity index is 658. The second-order valence-corrected chi connectivity index (χ2v) is 5.98. The Morgan fingerprint density at radius 2 is 1.96 bits per heavy atom. The molecule has 0 aliphatic rings. The number of nitrogens with two attached hydrogens (primary N) is 1. The summed E-state index contributed by atoms with van der Waals surface area (Å²) in [7, 11) is 1.67. The fourth-order valence-electron chi connectivity index (χ4n) is 2.86. The lowest BCUT2D eigenvalue weighted by Gasteiger charge is -2.20. The van der Waals surface area contributed by atoms with E-state index in [1.165, 1.54) is 11.1 Å². The first kappa shape index (κ1) is 17.6. The van der Waals surface area contributed by atoms with Gasteiger partial charge in [-0.3, -0.25) is 0 Å². The summed E-state index contributed by atoms with van der Waals surface area (Å²) >= 11 is 6.13. The first-order valence-electron chi connectivity index (χ1n) is 7.84. The summed E-state index contributed by atoms with van der Waals surface area (Å²) in [6.45, 7) is 5.30. The van der Waals surface area contributed by atoms with Crippen LogP contribution < -0.4 is 15.2 Å². The number of hydrogen-bond acceptors (Lipinski definition) is 3. The summed E-state index contributed by atoms with van der Waals surface area (Å²) in [5.74, 6) is 1.94. The van der Waals surface area contributed by atoms with E-state index in [1.54, 1.807) is 7.11 Å². The number of benzene rings is 2. The molecule has 0 fully saturated rings. The molecule has 23 heavy (non-hydrogen) atoms. The van der Waals surface area contributed by atoms with Crippen LogP contribution >= 0.6 is 11.6 Å². The van der Waals surface area contributed by atoms with Gasteiger partial charge < -0.3 is 15.2 Å². The van der Waals surface area contributed by atoms with E-state index in [1.807, 2.05) is 31.2 Å². The predicted octanol–water partition coefficient (Wildman–Crippen LogP) is 4.34. The van der Waals surface area contributed by atoms with Crippen LogP contribution in [0.3, 0.4) is 0 Å². The quantitative estimate of drug-likeness (QED) is 0.819. The molecule has 0 amide bonds. The Labute approximate surface area is 143 Å². The van der Waals surface area contributed by atoms with Gasteiger partial charge in [-0.1, -0.05) is 17.7 Å². The molecule has 0 aliphatic carbocycles. The van der Waals surface area contributed by atoms with Gasteiger partial charge in [-0.25, -0.2) is 0 Å². The lowest BCUT2D eigenvalue weighted by molar-refractivity contribution is 0.340. The van der Waals surface area contributed by atoms with Crippen LogP contribution in [-0.4, -0.2) is 20.3 Å². The zero-order valence-electron chi connectivity index (χ0n) is 13.9. The van der Waals surface area contributed by atoms with Crippen molar-refractivity contribution >= 4 is 11.6 Å². The summed E-state index contributed by atoms with van der Waals surface area (Å²) in [5, 5.41) is 0.708. The van der Waals surface area contributed by atoms with Gasteiger partial charge in [0.2, 0.25) is 0 Å². The number of halogens is 1. The zero-order valence-corrected chi connectivity index (χ0v) is 14.7. The lowest BCUT2D eigenvalue weighted by Crippen LogP contribution is -2.16. The van der Waals surface area contributed by atoms with Gasteiger partial charge in [-0.15, -0.1) is 0 Å². The maximum atomic E-state index is 6.13. The van der Waals surface area contributed by atoms with Gasteiger partial charge in [0.25, 0.3) is 0 Å². The Morgan fingerprint density at radius 3 is 2.57 bits per heavy atom. The Morgan fingerprint density at radius 1 is 1.17 bits per heavy atom. The number of rotatable bonds is 7. The van der Waals surface area contributed by atoms with Crippen LogP contribution in [0.5, 0.6) is 11.5 Å². The standard InChI is InChI=1S/C19H24ClNO2/c1-4-23-17-6-7-18(13(2)9-17)15(12-21)10-14-11-16(20)5-8-19(14)22-3/h5-9,11,15H,4,10,12,21H2,1-3H3. The second-order valence-electron chi connectivity index (χ2n) is 5.54. The van der Waals surface area contributed by atoms with Gasteiger partial charge in [-0.05, 0) is 73.8 Å². The molecule has 2 aromatic carbocycles. The van der Waals surface area contributed by atoms with Gasteiger partial charge >= 0.3 is 0 Å². The average molecular weight is 334 g/mol. The zero-order chi connectivity index (χ0) is 16.8. The van der Waals surface area contributed by atoms with Crippen molar-refractivity contribution in [2.75, 3.05) is 20.3 Å². The van der Waals surface area contributed by atoms with E-state index in [9.17, 15) is 0 Å². The summed E-state index contributed by atoms with van der Waals surface area (Å²) in [4.78, 5) is 0. The number of methoxy groups -OCH3 is 1. The molecule has 0 aliphatic heterocycles. The normalized spacial score (nSPS) is 12.0. The maximum Gasteiger partial charge on any atom is 0.122 e. The lowest BCUT2D eigenvalue weighted by atomic mass is 9.89. The van der Waals surface area contributed by atoms with E-state index in [0.717, 1.165) is 23.5 Å². The molecule has 4 heteroatoms. The van der Waals surface area contributed by atoms with E-state index in [0.29, 0.717) is 18.2 Å². The summed E-state index contributed by atoms with van der Waals surface area (Å²) in [6.07, 6.45) is 0.787. The molecular weight excluding hydrogens is 310 g/mol. The fraction of sp³-hybridized carbons (Fsp3) is 0.368. The molecule has 2 N–H and O–H groups in total. The molecule has 3 nitrogen and oxygen atoms in total. The molecule has 0 saturated carbocycles. The van der Waals surface area contributed by atoms with Gasteiger partial charge in [0.05, 0.1) is 13.7 Å². The number of aryl methyl sites for hydroxylation is 1. The molecule has 0 radical (unpaired) electrons. The molecule has 124 valence electrons. The first-order valence-corrected chi connectivity index (χ1v) is 8.22. The van der Waals surface area contributed by atoms with Gasteiger partial charge in [0.15, 0.2) is 0 Å². The molecular formula is C19H24ClNO2. The summed E-state index contributed by atoms with van der Waals surface area (Å²) in [6, 6.07) is 11.9. The van der Waals surface area contributed by atoms with E-state index in [2.05, 4.69) is 19.1 Å². The van der Waals surface area contributed by atoms with E-state index < -0.39 is 0 Å². The van der Waals surface area contributed by atoms with Crippen molar-refractivity contribution in [3.63, 3.8) is 0 Å². The third-order valence-corrected chi connectivity index (χ3v) is 4.22. The van der Waals surface area contributed by atoms with Crippen molar-refractivity contribution in [1.29, 1.82) is 0 Å². The Balaban J connectivity index is 2.28. The minimum atomic E-state index is 0.207. The van der Waals surface area contributed by atoms with Crippen LogP contribution in [0, 0.1) is 6.92 Å². The topological polar surface area (TPSA) is 44.5 Å². The maximum absolute atomic E-state index is 6.13. The highest BCUT2D eigenvalue weighted by molar-refractivity contribution is 6.30. The van der Waals surface area contributed by atoms with Crippen molar-refractivity contribution in [3.05, 3.63) is 58.1 Å². The molecule has 1 atom stereocenters. The van der Waals surface area contributed by atoms with E-state index >= 15 is 0 Å². The summed E-state index contributed by atoms with van der Waals surface area (Å²) in [5.41, 5.74) is 9.54. The molecule has 2 aromatic rings. The molecule has 0 aromatic heterocycles. The smallest absolute Gasteiger partial charge is 0.122 e. The van der Waals surface area contributed by atoms with Crippen molar-refractivity contribution in [2.45, 2.75) is 26.2 Å². The third-order valence-electron chi connectivity index (χ3n) is 3.99. The number of hydrogen-bond donors (Lipinski definition) is 1. The van der Waals surface area contributed by atoms with Crippen molar-refractivity contribution < 1.29 is 9.47 Å². The molecule has 0 spiro atoms. The predicted molar refractivity (Wildman–Crippen MR) is 95.9 cm³/mol. The van der Waals surface area contributed by atoms with Crippen LogP contribution in [0.4, 0.5) is 0 Å². The fourth-order valence-corrected chi connectivity index (χ4v) is 3.05. The minimum Gasteiger partial charge on any atom is -0.496 e. The van der Waals surface area contributed by atoms with Crippen LogP contribution in [0.15, 0.2) is 36.4 Å². The van der Waals surface area contributed by atoms with Crippen LogP contribution in [-0.2, 0) is 6.42 Å². The van der Waals surface area contributed by atoms with Crippen molar-refractivity contribution in [2.24, 2.45) is 5.73 Å². The van der Waals surface area contributed by atoms with Gasteiger partial charge in [0.1, 0.15) is 11.5 Å². The van der Waals surface area contributed by atoms with E-state index in [-0.39, 0.29) is 5.92 Å². The average Bonchev–Trinajstić information content (AvgIpc) is 2.54. The van der Waals surface area contributed by atoms with Crippen LogP contribution in [0.25, 0.3) is 0 Å². The van der Waals surface area contributed by atoms with Gasteiger partial charge in [0, 0.05) is 10.9 Å². The van der Waals surface area contributed by atoms with E-state index in [4.69, 9.17) is 26.8 Å². The molecule has 0 bridgehead atoms. The monoisotopic (exact) mass is 333 g/mol. The number of ether oxygens (including phenoxy) is 2.